The van der Waals surface area contributed by atoms with Gasteiger partial charge in [-0.2, -0.15) is 0 Å². The van der Waals surface area contributed by atoms with Crippen LogP contribution in [0.4, 0.5) is 0 Å². The van der Waals surface area contributed by atoms with Crippen molar-refractivity contribution < 1.29 is 13.2 Å². The minimum atomic E-state index is -3.43. The van der Waals surface area contributed by atoms with Crippen molar-refractivity contribution in [1.82, 2.24) is 10.2 Å². The van der Waals surface area contributed by atoms with Gasteiger partial charge in [-0.3, -0.25) is 4.79 Å². The normalized spacial score (nSPS) is 11.5. The first-order valence-corrected chi connectivity index (χ1v) is 10.5. The lowest BCUT2D eigenvalue weighted by atomic mass is 10.1. The fraction of sp³-hybridized carbons (Fsp3) is 0.350. The van der Waals surface area contributed by atoms with Crippen LogP contribution in [0.15, 0.2) is 59.5 Å². The summed E-state index contributed by atoms with van der Waals surface area (Å²) in [4.78, 5) is 14.8. The molecule has 2 aromatic rings. The standard InChI is InChI=1S/C20H26N2O3S/c1-3-22(4-2)14-13-21-20(23)18-10-8-9-17(15-18)16-26(24,25)19-11-6-5-7-12-19/h5-12,15H,3-4,13-14,16H2,1-2H3,(H,21,23). The van der Waals surface area contributed by atoms with Gasteiger partial charge in [0.1, 0.15) is 0 Å². The Kier molecular flexibility index (Phi) is 7.36. The predicted molar refractivity (Wildman–Crippen MR) is 104 cm³/mol. The second-order valence-electron chi connectivity index (χ2n) is 6.06. The monoisotopic (exact) mass is 374 g/mol. The van der Waals surface area contributed by atoms with Gasteiger partial charge in [0.05, 0.1) is 10.6 Å². The second-order valence-corrected chi connectivity index (χ2v) is 8.04. The fourth-order valence-corrected chi connectivity index (χ4v) is 4.06. The van der Waals surface area contributed by atoms with Gasteiger partial charge < -0.3 is 10.2 Å². The lowest BCUT2D eigenvalue weighted by Crippen LogP contribution is -2.34. The van der Waals surface area contributed by atoms with Gasteiger partial charge in [-0.1, -0.05) is 44.2 Å². The van der Waals surface area contributed by atoms with E-state index in [2.05, 4.69) is 24.1 Å². The zero-order valence-electron chi connectivity index (χ0n) is 15.3. The van der Waals surface area contributed by atoms with E-state index in [1.54, 1.807) is 54.6 Å². The Morgan fingerprint density at radius 3 is 2.35 bits per heavy atom. The molecule has 26 heavy (non-hydrogen) atoms. The molecule has 2 aromatic carbocycles. The van der Waals surface area contributed by atoms with Gasteiger partial charge in [-0.25, -0.2) is 8.42 Å². The van der Waals surface area contributed by atoms with Crippen LogP contribution in [0, 0.1) is 0 Å². The van der Waals surface area contributed by atoms with Crippen LogP contribution in [-0.2, 0) is 15.6 Å². The van der Waals surface area contributed by atoms with Crippen LogP contribution in [0.5, 0.6) is 0 Å². The van der Waals surface area contributed by atoms with E-state index in [0.717, 1.165) is 19.6 Å². The number of carbonyl (C=O) groups excluding carboxylic acids is 1. The van der Waals surface area contributed by atoms with Crippen molar-refractivity contribution in [3.63, 3.8) is 0 Å². The topological polar surface area (TPSA) is 66.5 Å². The van der Waals surface area contributed by atoms with Crippen molar-refractivity contribution in [2.45, 2.75) is 24.5 Å². The fourth-order valence-electron chi connectivity index (χ4n) is 2.70. The maximum absolute atomic E-state index is 12.5. The highest BCUT2D eigenvalue weighted by Crippen LogP contribution is 2.17. The van der Waals surface area contributed by atoms with Crippen molar-refractivity contribution in [2.24, 2.45) is 0 Å². The molecule has 0 aromatic heterocycles. The number of hydrogen-bond donors (Lipinski definition) is 1. The third-order valence-electron chi connectivity index (χ3n) is 4.26. The molecule has 0 saturated heterocycles. The molecule has 1 N–H and O–H groups in total. The Morgan fingerprint density at radius 1 is 1.00 bits per heavy atom. The smallest absolute Gasteiger partial charge is 0.251 e. The van der Waals surface area contributed by atoms with E-state index in [1.807, 2.05) is 0 Å². The number of amides is 1. The van der Waals surface area contributed by atoms with E-state index < -0.39 is 9.84 Å². The van der Waals surface area contributed by atoms with Crippen LogP contribution in [0.3, 0.4) is 0 Å². The molecule has 0 atom stereocenters. The Hall–Kier alpha value is -2.18. The van der Waals surface area contributed by atoms with Crippen LogP contribution >= 0.6 is 0 Å². The molecule has 0 unspecified atom stereocenters. The van der Waals surface area contributed by atoms with Crippen LogP contribution in [0.2, 0.25) is 0 Å². The van der Waals surface area contributed by atoms with Gasteiger partial charge in [0, 0.05) is 18.7 Å². The Balaban J connectivity index is 2.02. The van der Waals surface area contributed by atoms with Gasteiger partial charge in [-0.15, -0.1) is 0 Å². The van der Waals surface area contributed by atoms with E-state index in [-0.39, 0.29) is 16.6 Å². The summed E-state index contributed by atoms with van der Waals surface area (Å²) in [7, 11) is -3.43. The summed E-state index contributed by atoms with van der Waals surface area (Å²) in [6, 6.07) is 15.1. The predicted octanol–water partition coefficient (Wildman–Crippen LogP) is 2.73. The number of benzene rings is 2. The summed E-state index contributed by atoms with van der Waals surface area (Å²) < 4.78 is 25.0. The van der Waals surface area contributed by atoms with Gasteiger partial charge in [0.25, 0.3) is 5.91 Å². The number of nitrogens with one attached hydrogen (secondary N) is 1. The third kappa shape index (κ3) is 5.68. The van der Waals surface area contributed by atoms with Crippen molar-refractivity contribution >= 4 is 15.7 Å². The maximum atomic E-state index is 12.5. The summed E-state index contributed by atoms with van der Waals surface area (Å²) in [5.74, 6) is -0.312. The Bertz CT molecular complexity index is 816. The van der Waals surface area contributed by atoms with E-state index in [9.17, 15) is 13.2 Å². The van der Waals surface area contributed by atoms with Crippen molar-refractivity contribution in [1.29, 1.82) is 0 Å². The Labute approximate surface area is 156 Å². The number of hydrogen-bond acceptors (Lipinski definition) is 4. The van der Waals surface area contributed by atoms with Gasteiger partial charge >= 0.3 is 0 Å². The molecule has 0 aliphatic carbocycles. The summed E-state index contributed by atoms with van der Waals surface area (Å²) >= 11 is 0. The number of nitrogens with zero attached hydrogens (tertiary/aromatic N) is 1. The first kappa shape index (κ1) is 20.1. The van der Waals surface area contributed by atoms with Crippen LogP contribution < -0.4 is 5.32 Å². The van der Waals surface area contributed by atoms with Crippen LogP contribution in [0.1, 0.15) is 29.8 Å². The van der Waals surface area contributed by atoms with E-state index >= 15 is 0 Å². The molecule has 0 spiro atoms. The van der Waals surface area contributed by atoms with E-state index in [0.29, 0.717) is 17.7 Å². The first-order chi connectivity index (χ1) is 12.5. The highest BCUT2D eigenvalue weighted by Gasteiger charge is 2.16. The summed E-state index contributed by atoms with van der Waals surface area (Å²) in [6.07, 6.45) is 0. The second kappa shape index (κ2) is 9.50. The molecule has 0 saturated carbocycles. The van der Waals surface area contributed by atoms with Crippen LogP contribution in [-0.4, -0.2) is 45.4 Å². The zero-order valence-corrected chi connectivity index (χ0v) is 16.1. The molecule has 0 aliphatic heterocycles. The lowest BCUT2D eigenvalue weighted by Gasteiger charge is -2.18. The zero-order chi connectivity index (χ0) is 19.0. The molecule has 1 amide bonds. The summed E-state index contributed by atoms with van der Waals surface area (Å²) in [5, 5.41) is 2.89. The van der Waals surface area contributed by atoms with E-state index in [4.69, 9.17) is 0 Å². The summed E-state index contributed by atoms with van der Waals surface area (Å²) in [5.41, 5.74) is 1.08. The van der Waals surface area contributed by atoms with Gasteiger partial charge in [-0.05, 0) is 42.9 Å². The molecule has 140 valence electrons. The average molecular weight is 375 g/mol. The molecule has 0 fully saturated rings. The average Bonchev–Trinajstić information content (AvgIpc) is 2.65. The molecular weight excluding hydrogens is 348 g/mol. The van der Waals surface area contributed by atoms with Crippen molar-refractivity contribution in [2.75, 3.05) is 26.2 Å². The van der Waals surface area contributed by atoms with Crippen molar-refractivity contribution in [3.05, 3.63) is 65.7 Å². The molecule has 0 aliphatic rings. The molecule has 0 radical (unpaired) electrons. The molecular formula is C20H26N2O3S. The Morgan fingerprint density at radius 2 is 1.69 bits per heavy atom. The highest BCUT2D eigenvalue weighted by molar-refractivity contribution is 7.90. The first-order valence-electron chi connectivity index (χ1n) is 8.83. The molecule has 0 heterocycles. The quantitative estimate of drug-likeness (QED) is 0.733. The SMILES string of the molecule is CCN(CC)CCNC(=O)c1cccc(CS(=O)(=O)c2ccccc2)c1. The van der Waals surface area contributed by atoms with Gasteiger partial charge in [0.15, 0.2) is 9.84 Å². The van der Waals surface area contributed by atoms with Gasteiger partial charge in [0.2, 0.25) is 0 Å². The van der Waals surface area contributed by atoms with Crippen LogP contribution in [0.25, 0.3) is 0 Å². The molecule has 6 heteroatoms. The number of carbonyl (C=O) groups is 1. The molecule has 2 rings (SSSR count). The van der Waals surface area contributed by atoms with Crippen molar-refractivity contribution in [3.8, 4) is 0 Å². The highest BCUT2D eigenvalue weighted by atomic mass is 32.2. The van der Waals surface area contributed by atoms with E-state index in [1.165, 1.54) is 0 Å². The largest absolute Gasteiger partial charge is 0.351 e. The third-order valence-corrected chi connectivity index (χ3v) is 5.96. The number of rotatable bonds is 9. The minimum Gasteiger partial charge on any atom is -0.351 e. The number of likely N-dealkylation sites (N-methyl/N-ethyl adjacent to an activating group) is 1. The maximum Gasteiger partial charge on any atom is 0.251 e. The summed E-state index contributed by atoms with van der Waals surface area (Å²) in [6.45, 7) is 7.41. The molecule has 5 nitrogen and oxygen atoms in total. The lowest BCUT2D eigenvalue weighted by molar-refractivity contribution is 0.0949. The number of sulfone groups is 1. The molecule has 0 bridgehead atoms. The minimum absolute atomic E-state index is 0.127.